The van der Waals surface area contributed by atoms with Gasteiger partial charge in [0.15, 0.2) is 10.9 Å². The molecule has 30 heavy (non-hydrogen) atoms. The zero-order valence-corrected chi connectivity index (χ0v) is 17.5. The fourth-order valence-electron chi connectivity index (χ4n) is 2.96. The number of rotatable bonds is 8. The first-order valence-corrected chi connectivity index (χ1v) is 10.5. The molecule has 6 nitrogen and oxygen atoms in total. The normalized spacial score (nSPS) is 10.9. The molecule has 0 aliphatic heterocycles. The van der Waals surface area contributed by atoms with Crippen molar-refractivity contribution in [2.24, 2.45) is 0 Å². The monoisotopic (exact) mass is 428 g/mol. The summed E-state index contributed by atoms with van der Waals surface area (Å²) in [5.41, 5.74) is 0.380. The summed E-state index contributed by atoms with van der Waals surface area (Å²) in [6, 6.07) is 10.4. The Labute approximate surface area is 177 Å². The van der Waals surface area contributed by atoms with E-state index in [4.69, 9.17) is 4.74 Å². The van der Waals surface area contributed by atoms with Gasteiger partial charge in [0, 0.05) is 6.54 Å². The van der Waals surface area contributed by atoms with Crippen molar-refractivity contribution < 1.29 is 18.7 Å². The van der Waals surface area contributed by atoms with Gasteiger partial charge in [-0.2, -0.15) is 0 Å². The van der Waals surface area contributed by atoms with E-state index in [2.05, 4.69) is 4.98 Å². The number of ketones is 1. The van der Waals surface area contributed by atoms with Crippen molar-refractivity contribution in [2.45, 2.75) is 31.5 Å². The van der Waals surface area contributed by atoms with Crippen molar-refractivity contribution in [3.63, 3.8) is 0 Å². The van der Waals surface area contributed by atoms with Crippen molar-refractivity contribution >= 4 is 34.4 Å². The van der Waals surface area contributed by atoms with Crippen LogP contribution < -0.4 is 5.56 Å². The Bertz CT molecular complexity index is 1160. The molecule has 3 rings (SSSR count). The molecule has 8 heteroatoms. The average Bonchev–Trinajstić information content (AvgIpc) is 2.76. The zero-order valence-electron chi connectivity index (χ0n) is 16.7. The van der Waals surface area contributed by atoms with Crippen LogP contribution in [0.4, 0.5) is 4.39 Å². The molecule has 0 spiro atoms. The Morgan fingerprint density at radius 2 is 1.97 bits per heavy atom. The molecule has 1 aromatic heterocycles. The van der Waals surface area contributed by atoms with Crippen LogP contribution in [0, 0.1) is 5.82 Å². The Kier molecular flexibility index (Phi) is 6.99. The number of benzene rings is 2. The summed E-state index contributed by atoms with van der Waals surface area (Å²) in [5.74, 6) is -1.57. The minimum atomic E-state index is -0.583. The second kappa shape index (κ2) is 9.67. The van der Waals surface area contributed by atoms with E-state index in [-0.39, 0.29) is 22.4 Å². The first-order chi connectivity index (χ1) is 14.5. The van der Waals surface area contributed by atoms with Gasteiger partial charge < -0.3 is 4.74 Å². The van der Waals surface area contributed by atoms with Gasteiger partial charge >= 0.3 is 5.97 Å². The molecule has 0 amide bonds. The fourth-order valence-corrected chi connectivity index (χ4v) is 3.87. The summed E-state index contributed by atoms with van der Waals surface area (Å²) in [6.45, 7) is 2.46. The van der Waals surface area contributed by atoms with E-state index >= 15 is 0 Å². The number of hydrogen-bond acceptors (Lipinski definition) is 6. The number of methoxy groups -OCH3 is 1. The summed E-state index contributed by atoms with van der Waals surface area (Å²) >= 11 is 1.08. The number of fused-ring (bicyclic) bond motifs is 1. The lowest BCUT2D eigenvalue weighted by Gasteiger charge is -2.13. The van der Waals surface area contributed by atoms with Crippen LogP contribution in [-0.4, -0.2) is 34.2 Å². The highest BCUT2D eigenvalue weighted by Gasteiger charge is 2.17. The first kappa shape index (κ1) is 21.7. The lowest BCUT2D eigenvalue weighted by atomic mass is 10.1. The van der Waals surface area contributed by atoms with Gasteiger partial charge in [0.25, 0.3) is 5.56 Å². The smallest absolute Gasteiger partial charge is 0.337 e. The van der Waals surface area contributed by atoms with E-state index < -0.39 is 17.6 Å². The largest absolute Gasteiger partial charge is 0.465 e. The third-order valence-corrected chi connectivity index (χ3v) is 5.56. The molecule has 0 fully saturated rings. The summed E-state index contributed by atoms with van der Waals surface area (Å²) in [4.78, 5) is 41.8. The van der Waals surface area contributed by atoms with E-state index in [1.54, 1.807) is 12.1 Å². The molecule has 0 atom stereocenters. The van der Waals surface area contributed by atoms with Crippen LogP contribution in [0.5, 0.6) is 0 Å². The van der Waals surface area contributed by atoms with Crippen LogP contribution >= 0.6 is 11.8 Å². The van der Waals surface area contributed by atoms with Gasteiger partial charge in [-0.3, -0.25) is 14.2 Å². The fraction of sp³-hybridized carbons (Fsp3) is 0.273. The van der Waals surface area contributed by atoms with Crippen molar-refractivity contribution in [1.29, 1.82) is 0 Å². The van der Waals surface area contributed by atoms with Crippen LogP contribution in [0.3, 0.4) is 0 Å². The lowest BCUT2D eigenvalue weighted by Crippen LogP contribution is -2.24. The molecule has 3 aromatic rings. The molecule has 0 aliphatic rings. The number of thioether (sulfide) groups is 1. The molecule has 156 valence electrons. The molecular formula is C22H21FN2O4S. The van der Waals surface area contributed by atoms with Gasteiger partial charge in [-0.15, -0.1) is 0 Å². The molecule has 0 N–H and O–H groups in total. The molecular weight excluding hydrogens is 407 g/mol. The Morgan fingerprint density at radius 1 is 1.20 bits per heavy atom. The highest BCUT2D eigenvalue weighted by Crippen LogP contribution is 2.21. The van der Waals surface area contributed by atoms with Crippen LogP contribution in [0.2, 0.25) is 0 Å². The van der Waals surface area contributed by atoms with Crippen molar-refractivity contribution in [3.8, 4) is 0 Å². The van der Waals surface area contributed by atoms with E-state index in [1.807, 2.05) is 6.92 Å². The minimum Gasteiger partial charge on any atom is -0.465 e. The number of hydrogen-bond donors (Lipinski definition) is 0. The van der Waals surface area contributed by atoms with E-state index in [0.29, 0.717) is 22.6 Å². The summed E-state index contributed by atoms with van der Waals surface area (Å²) in [6.07, 6.45) is 1.65. The van der Waals surface area contributed by atoms with Crippen LogP contribution in [0.25, 0.3) is 10.9 Å². The van der Waals surface area contributed by atoms with Gasteiger partial charge in [-0.1, -0.05) is 37.2 Å². The molecule has 2 aromatic carbocycles. The molecule has 0 saturated heterocycles. The number of aromatic nitrogens is 2. The van der Waals surface area contributed by atoms with E-state index in [1.165, 1.54) is 42.0 Å². The van der Waals surface area contributed by atoms with E-state index in [0.717, 1.165) is 24.6 Å². The predicted molar refractivity (Wildman–Crippen MR) is 114 cm³/mol. The first-order valence-electron chi connectivity index (χ1n) is 9.49. The second-order valence-corrected chi connectivity index (χ2v) is 7.56. The predicted octanol–water partition coefficient (Wildman–Crippen LogP) is 4.10. The number of unbranched alkanes of at least 4 members (excludes halogenated alkanes) is 1. The van der Waals surface area contributed by atoms with Gasteiger partial charge in [0.2, 0.25) is 0 Å². The third-order valence-electron chi connectivity index (χ3n) is 4.58. The molecule has 0 saturated carbocycles. The number of esters is 1. The Morgan fingerprint density at radius 3 is 2.67 bits per heavy atom. The maximum Gasteiger partial charge on any atom is 0.337 e. The van der Waals surface area contributed by atoms with Crippen molar-refractivity contribution in [1.82, 2.24) is 9.55 Å². The van der Waals surface area contributed by atoms with Gasteiger partial charge in [0.1, 0.15) is 5.82 Å². The summed E-state index contributed by atoms with van der Waals surface area (Å²) in [5, 5.41) is 0.733. The number of halogens is 1. The molecule has 1 heterocycles. The maximum absolute atomic E-state index is 13.9. The average molecular weight is 428 g/mol. The number of nitrogens with zero attached hydrogens (tertiary/aromatic N) is 2. The number of carbonyl (C=O) groups excluding carboxylic acids is 2. The SMILES string of the molecule is CCCCn1c(SCC(=O)c2ccccc2F)nc2cc(C(=O)OC)ccc2c1=O. The summed E-state index contributed by atoms with van der Waals surface area (Å²) in [7, 11) is 1.28. The van der Waals surface area contributed by atoms with Gasteiger partial charge in [-0.05, 0) is 36.8 Å². The van der Waals surface area contributed by atoms with Crippen LogP contribution in [-0.2, 0) is 11.3 Å². The van der Waals surface area contributed by atoms with Crippen molar-refractivity contribution in [2.75, 3.05) is 12.9 Å². The standard InChI is InChI=1S/C22H21FN2O4S/c1-3-4-11-25-20(27)16-10-9-14(21(28)29-2)12-18(16)24-22(25)30-13-19(26)15-7-5-6-8-17(15)23/h5-10,12H,3-4,11,13H2,1-2H3. The topological polar surface area (TPSA) is 78.3 Å². The quantitative estimate of drug-likeness (QED) is 0.233. The highest BCUT2D eigenvalue weighted by atomic mass is 32.2. The number of carbonyl (C=O) groups is 2. The van der Waals surface area contributed by atoms with E-state index in [9.17, 15) is 18.8 Å². The highest BCUT2D eigenvalue weighted by molar-refractivity contribution is 7.99. The molecule has 0 radical (unpaired) electrons. The zero-order chi connectivity index (χ0) is 21.7. The number of Topliss-reactive ketones (excluding diaryl/α,β-unsaturated/α-hetero) is 1. The van der Waals surface area contributed by atoms with Gasteiger partial charge in [0.05, 0.1) is 34.9 Å². The summed E-state index contributed by atoms with van der Waals surface area (Å²) < 4.78 is 20.1. The molecule has 0 aliphatic carbocycles. The Balaban J connectivity index is 1.99. The molecule has 0 bridgehead atoms. The maximum atomic E-state index is 13.9. The van der Waals surface area contributed by atoms with Crippen LogP contribution in [0.1, 0.15) is 40.5 Å². The van der Waals surface area contributed by atoms with Crippen LogP contribution in [0.15, 0.2) is 52.4 Å². The molecule has 0 unspecified atom stereocenters. The lowest BCUT2D eigenvalue weighted by molar-refractivity contribution is 0.0600. The van der Waals surface area contributed by atoms with Crippen molar-refractivity contribution in [3.05, 3.63) is 69.8 Å². The second-order valence-electron chi connectivity index (χ2n) is 6.62. The third kappa shape index (κ3) is 4.59. The Hall–Kier alpha value is -3.00. The van der Waals surface area contributed by atoms with Gasteiger partial charge in [-0.25, -0.2) is 14.2 Å². The number of ether oxygens (including phenoxy) is 1. The minimum absolute atomic E-state index is 0.00113.